The molecule has 0 aliphatic carbocycles. The summed E-state index contributed by atoms with van der Waals surface area (Å²) < 4.78 is 11.3. The van der Waals surface area contributed by atoms with Gasteiger partial charge in [0.15, 0.2) is 0 Å². The Morgan fingerprint density at radius 2 is 1.58 bits per heavy atom. The van der Waals surface area contributed by atoms with E-state index >= 15 is 0 Å². The van der Waals surface area contributed by atoms with Gasteiger partial charge < -0.3 is 14.8 Å². The molecule has 1 unspecified atom stereocenters. The van der Waals surface area contributed by atoms with Gasteiger partial charge in [-0.3, -0.25) is 0 Å². The lowest BCUT2D eigenvalue weighted by Crippen LogP contribution is -2.36. The third kappa shape index (κ3) is 5.97. The molecule has 0 aromatic heterocycles. The molecule has 1 rings (SSSR count). The van der Waals surface area contributed by atoms with Gasteiger partial charge in [-0.05, 0) is 51.0 Å². The van der Waals surface area contributed by atoms with Gasteiger partial charge in [-0.2, -0.15) is 0 Å². The molecule has 0 spiro atoms. The molecule has 1 aromatic rings. The molecule has 0 saturated heterocycles. The van der Waals surface area contributed by atoms with Crippen molar-refractivity contribution in [3.8, 4) is 11.5 Å². The second-order valence-corrected chi connectivity index (χ2v) is 4.75. The standard InChI is InChI=1S/C16H27NO2/c1-5-14(6-2)17-12-13(4)19-16-10-8-15(9-11-16)18-7-3/h8-11,13-14,17H,5-7,12H2,1-4H3. The van der Waals surface area contributed by atoms with Crippen LogP contribution in [-0.2, 0) is 0 Å². The van der Waals surface area contributed by atoms with Crippen LogP contribution in [0.1, 0.15) is 40.5 Å². The molecule has 108 valence electrons. The molecule has 0 aliphatic heterocycles. The highest BCUT2D eigenvalue weighted by Crippen LogP contribution is 2.18. The Hall–Kier alpha value is -1.22. The van der Waals surface area contributed by atoms with Gasteiger partial charge in [0.1, 0.15) is 17.6 Å². The molecule has 1 atom stereocenters. The molecule has 3 nitrogen and oxygen atoms in total. The maximum absolute atomic E-state index is 5.87. The van der Waals surface area contributed by atoms with Crippen molar-refractivity contribution < 1.29 is 9.47 Å². The summed E-state index contributed by atoms with van der Waals surface area (Å²) in [5.74, 6) is 1.78. The third-order valence-electron chi connectivity index (χ3n) is 3.15. The monoisotopic (exact) mass is 265 g/mol. The molecule has 1 N–H and O–H groups in total. The van der Waals surface area contributed by atoms with Gasteiger partial charge in [-0.1, -0.05) is 13.8 Å². The van der Waals surface area contributed by atoms with Gasteiger partial charge in [0, 0.05) is 12.6 Å². The zero-order chi connectivity index (χ0) is 14.1. The minimum Gasteiger partial charge on any atom is -0.494 e. The second-order valence-electron chi connectivity index (χ2n) is 4.75. The second kappa shape index (κ2) is 8.81. The van der Waals surface area contributed by atoms with Crippen molar-refractivity contribution in [1.82, 2.24) is 5.32 Å². The summed E-state index contributed by atoms with van der Waals surface area (Å²) in [5.41, 5.74) is 0. The van der Waals surface area contributed by atoms with Crippen molar-refractivity contribution in [3.05, 3.63) is 24.3 Å². The molecule has 0 fully saturated rings. The normalized spacial score (nSPS) is 12.5. The SMILES string of the molecule is CCOc1ccc(OC(C)CNC(CC)CC)cc1. The van der Waals surface area contributed by atoms with E-state index in [0.717, 1.165) is 30.9 Å². The van der Waals surface area contributed by atoms with Crippen LogP contribution in [-0.4, -0.2) is 25.3 Å². The van der Waals surface area contributed by atoms with E-state index < -0.39 is 0 Å². The van der Waals surface area contributed by atoms with Crippen LogP contribution < -0.4 is 14.8 Å². The molecular weight excluding hydrogens is 238 g/mol. The summed E-state index contributed by atoms with van der Waals surface area (Å²) >= 11 is 0. The third-order valence-corrected chi connectivity index (χ3v) is 3.15. The summed E-state index contributed by atoms with van der Waals surface area (Å²) in [6.45, 7) is 10.1. The van der Waals surface area contributed by atoms with Crippen molar-refractivity contribution in [3.63, 3.8) is 0 Å². The van der Waals surface area contributed by atoms with Crippen molar-refractivity contribution in [2.45, 2.75) is 52.7 Å². The minimum atomic E-state index is 0.165. The highest BCUT2D eigenvalue weighted by Gasteiger charge is 2.07. The van der Waals surface area contributed by atoms with Gasteiger partial charge in [-0.15, -0.1) is 0 Å². The van der Waals surface area contributed by atoms with Crippen LogP contribution in [0.4, 0.5) is 0 Å². The van der Waals surface area contributed by atoms with Crippen LogP contribution in [0, 0.1) is 0 Å². The van der Waals surface area contributed by atoms with Crippen LogP contribution in [0.25, 0.3) is 0 Å². The van der Waals surface area contributed by atoms with E-state index in [4.69, 9.17) is 9.47 Å². The Bertz CT molecular complexity index is 333. The fourth-order valence-corrected chi connectivity index (χ4v) is 1.97. The number of hydrogen-bond donors (Lipinski definition) is 1. The topological polar surface area (TPSA) is 30.5 Å². The highest BCUT2D eigenvalue weighted by atomic mass is 16.5. The number of rotatable bonds is 9. The van der Waals surface area contributed by atoms with E-state index in [1.807, 2.05) is 31.2 Å². The average molecular weight is 265 g/mol. The van der Waals surface area contributed by atoms with Gasteiger partial charge in [0.05, 0.1) is 6.61 Å². The molecule has 0 bridgehead atoms. The Morgan fingerprint density at radius 1 is 1.00 bits per heavy atom. The van der Waals surface area contributed by atoms with Crippen molar-refractivity contribution >= 4 is 0 Å². The fourth-order valence-electron chi connectivity index (χ4n) is 1.97. The van der Waals surface area contributed by atoms with E-state index in [2.05, 4.69) is 26.1 Å². The highest BCUT2D eigenvalue weighted by molar-refractivity contribution is 5.31. The minimum absolute atomic E-state index is 0.165. The summed E-state index contributed by atoms with van der Waals surface area (Å²) in [5, 5.41) is 3.52. The number of ether oxygens (including phenoxy) is 2. The largest absolute Gasteiger partial charge is 0.494 e. The Labute approximate surface area is 117 Å². The maximum atomic E-state index is 5.87. The van der Waals surface area contributed by atoms with Crippen LogP contribution in [0.15, 0.2) is 24.3 Å². The summed E-state index contributed by atoms with van der Waals surface area (Å²) in [7, 11) is 0. The Morgan fingerprint density at radius 3 is 2.11 bits per heavy atom. The van der Waals surface area contributed by atoms with Gasteiger partial charge in [0.2, 0.25) is 0 Å². The summed E-state index contributed by atoms with van der Waals surface area (Å²) in [6, 6.07) is 8.39. The van der Waals surface area contributed by atoms with E-state index in [1.165, 1.54) is 0 Å². The molecule has 0 radical (unpaired) electrons. The maximum Gasteiger partial charge on any atom is 0.120 e. The smallest absolute Gasteiger partial charge is 0.120 e. The lowest BCUT2D eigenvalue weighted by atomic mass is 10.1. The van der Waals surface area contributed by atoms with E-state index in [1.54, 1.807) is 0 Å². The fraction of sp³-hybridized carbons (Fsp3) is 0.625. The van der Waals surface area contributed by atoms with Crippen LogP contribution >= 0.6 is 0 Å². The summed E-state index contributed by atoms with van der Waals surface area (Å²) in [4.78, 5) is 0. The lowest BCUT2D eigenvalue weighted by Gasteiger charge is -2.20. The summed E-state index contributed by atoms with van der Waals surface area (Å²) in [6.07, 6.45) is 2.48. The molecule has 0 saturated carbocycles. The van der Waals surface area contributed by atoms with Crippen molar-refractivity contribution in [2.75, 3.05) is 13.2 Å². The first-order valence-corrected chi connectivity index (χ1v) is 7.32. The molecule has 19 heavy (non-hydrogen) atoms. The van der Waals surface area contributed by atoms with Crippen LogP contribution in [0.5, 0.6) is 11.5 Å². The van der Waals surface area contributed by atoms with E-state index in [0.29, 0.717) is 12.6 Å². The molecular formula is C16H27NO2. The average Bonchev–Trinajstić information content (AvgIpc) is 2.42. The number of nitrogens with one attached hydrogen (secondary N) is 1. The molecule has 1 aromatic carbocycles. The predicted molar refractivity (Wildman–Crippen MR) is 80.1 cm³/mol. The zero-order valence-electron chi connectivity index (χ0n) is 12.6. The lowest BCUT2D eigenvalue weighted by molar-refractivity contribution is 0.209. The van der Waals surface area contributed by atoms with Crippen LogP contribution in [0.3, 0.4) is 0 Å². The number of benzene rings is 1. The molecule has 0 heterocycles. The van der Waals surface area contributed by atoms with Crippen LogP contribution in [0.2, 0.25) is 0 Å². The van der Waals surface area contributed by atoms with E-state index in [-0.39, 0.29) is 6.10 Å². The van der Waals surface area contributed by atoms with Gasteiger partial charge in [-0.25, -0.2) is 0 Å². The van der Waals surface area contributed by atoms with Gasteiger partial charge >= 0.3 is 0 Å². The Balaban J connectivity index is 2.37. The van der Waals surface area contributed by atoms with E-state index in [9.17, 15) is 0 Å². The molecule has 0 aliphatic rings. The quantitative estimate of drug-likeness (QED) is 0.739. The van der Waals surface area contributed by atoms with Crippen molar-refractivity contribution in [1.29, 1.82) is 0 Å². The number of hydrogen-bond acceptors (Lipinski definition) is 3. The first kappa shape index (κ1) is 15.8. The molecule has 0 amide bonds. The zero-order valence-corrected chi connectivity index (χ0v) is 12.6. The first-order chi connectivity index (χ1) is 9.19. The van der Waals surface area contributed by atoms with Crippen molar-refractivity contribution in [2.24, 2.45) is 0 Å². The molecule has 3 heteroatoms. The van der Waals surface area contributed by atoms with Gasteiger partial charge in [0.25, 0.3) is 0 Å². The first-order valence-electron chi connectivity index (χ1n) is 7.32. The Kier molecular flexibility index (Phi) is 7.34. The predicted octanol–water partition coefficient (Wildman–Crippen LogP) is 3.63.